The maximum atomic E-state index is 9.55. The van der Waals surface area contributed by atoms with E-state index in [2.05, 4.69) is 0 Å². The van der Waals surface area contributed by atoms with Gasteiger partial charge in [0.2, 0.25) is 0 Å². The minimum atomic E-state index is -0.00280. The van der Waals surface area contributed by atoms with Crippen molar-refractivity contribution >= 4 is 0 Å². The average Bonchev–Trinajstić information content (AvgIpc) is 2.86. The predicted molar refractivity (Wildman–Crippen MR) is 53.1 cm³/mol. The number of aliphatic hydroxyl groups is 1. The Hall–Kier alpha value is -0.120. The first-order chi connectivity index (χ1) is 6.82. The third kappa shape index (κ3) is 1.58. The molecule has 14 heavy (non-hydrogen) atoms. The largest absolute Gasteiger partial charge is 0.396 e. The SMILES string of the molecule is COC1CCCC1C1(CO)CCOC1. The Kier molecular flexibility index (Phi) is 3.10. The summed E-state index contributed by atoms with van der Waals surface area (Å²) < 4.78 is 10.9. The van der Waals surface area contributed by atoms with Gasteiger partial charge >= 0.3 is 0 Å². The van der Waals surface area contributed by atoms with E-state index in [9.17, 15) is 5.11 Å². The Morgan fingerprint density at radius 3 is 2.93 bits per heavy atom. The summed E-state index contributed by atoms with van der Waals surface area (Å²) in [5.74, 6) is 0.500. The fourth-order valence-electron chi connectivity index (χ4n) is 3.07. The van der Waals surface area contributed by atoms with Gasteiger partial charge in [-0.1, -0.05) is 6.42 Å². The van der Waals surface area contributed by atoms with E-state index >= 15 is 0 Å². The van der Waals surface area contributed by atoms with Crippen molar-refractivity contribution in [2.75, 3.05) is 26.9 Å². The molecule has 0 aromatic carbocycles. The number of ether oxygens (including phenoxy) is 2. The van der Waals surface area contributed by atoms with Gasteiger partial charge in [0.1, 0.15) is 0 Å². The quantitative estimate of drug-likeness (QED) is 0.744. The van der Waals surface area contributed by atoms with Gasteiger partial charge in [-0.25, -0.2) is 0 Å². The van der Waals surface area contributed by atoms with Crippen LogP contribution in [0, 0.1) is 11.3 Å². The second-order valence-electron chi connectivity index (χ2n) is 4.63. The van der Waals surface area contributed by atoms with Crippen molar-refractivity contribution in [3.8, 4) is 0 Å². The van der Waals surface area contributed by atoms with Crippen LogP contribution in [0.15, 0.2) is 0 Å². The smallest absolute Gasteiger partial charge is 0.0606 e. The molecule has 82 valence electrons. The van der Waals surface area contributed by atoms with Crippen LogP contribution in [0.1, 0.15) is 25.7 Å². The molecule has 3 unspecified atom stereocenters. The lowest BCUT2D eigenvalue weighted by Crippen LogP contribution is -2.39. The summed E-state index contributed by atoms with van der Waals surface area (Å²) in [5.41, 5.74) is -0.00280. The van der Waals surface area contributed by atoms with Crippen LogP contribution in [0.3, 0.4) is 0 Å². The standard InChI is InChI=1S/C11H20O3/c1-13-10-4-2-3-9(10)11(7-12)5-6-14-8-11/h9-10,12H,2-8H2,1H3. The van der Waals surface area contributed by atoms with Crippen molar-refractivity contribution in [3.05, 3.63) is 0 Å². The van der Waals surface area contributed by atoms with Crippen molar-refractivity contribution in [2.45, 2.75) is 31.8 Å². The van der Waals surface area contributed by atoms with Gasteiger partial charge in [-0.2, -0.15) is 0 Å². The maximum absolute atomic E-state index is 9.55. The summed E-state index contributed by atoms with van der Waals surface area (Å²) in [6, 6.07) is 0. The topological polar surface area (TPSA) is 38.7 Å². The molecular weight excluding hydrogens is 180 g/mol. The highest BCUT2D eigenvalue weighted by atomic mass is 16.5. The van der Waals surface area contributed by atoms with Crippen LogP contribution < -0.4 is 0 Å². The highest BCUT2D eigenvalue weighted by molar-refractivity contribution is 4.95. The number of methoxy groups -OCH3 is 1. The van der Waals surface area contributed by atoms with Crippen LogP contribution >= 0.6 is 0 Å². The predicted octanol–water partition coefficient (Wildman–Crippen LogP) is 1.20. The Bertz CT molecular complexity index is 187. The van der Waals surface area contributed by atoms with E-state index in [0.29, 0.717) is 18.6 Å². The number of hydrogen-bond acceptors (Lipinski definition) is 3. The first-order valence-corrected chi connectivity index (χ1v) is 5.54. The van der Waals surface area contributed by atoms with Gasteiger partial charge in [-0.05, 0) is 25.2 Å². The molecule has 0 bridgehead atoms. The van der Waals surface area contributed by atoms with E-state index in [0.717, 1.165) is 19.4 Å². The summed E-state index contributed by atoms with van der Waals surface area (Å²) >= 11 is 0. The Balaban J connectivity index is 2.10. The Morgan fingerprint density at radius 2 is 2.36 bits per heavy atom. The molecular formula is C11H20O3. The Labute approximate surface area is 85.4 Å². The van der Waals surface area contributed by atoms with Gasteiger partial charge < -0.3 is 14.6 Å². The minimum absolute atomic E-state index is 0.00280. The molecule has 0 aromatic heterocycles. The van der Waals surface area contributed by atoms with Crippen molar-refractivity contribution in [1.29, 1.82) is 0 Å². The van der Waals surface area contributed by atoms with Crippen LogP contribution in [0.25, 0.3) is 0 Å². The maximum Gasteiger partial charge on any atom is 0.0606 e. The van der Waals surface area contributed by atoms with Crippen LogP contribution in [0.2, 0.25) is 0 Å². The zero-order valence-electron chi connectivity index (χ0n) is 8.87. The van der Waals surface area contributed by atoms with E-state index < -0.39 is 0 Å². The third-order valence-electron chi connectivity index (χ3n) is 3.99. The average molecular weight is 200 g/mol. The van der Waals surface area contributed by atoms with Crippen LogP contribution in [-0.4, -0.2) is 38.1 Å². The van der Waals surface area contributed by atoms with Gasteiger partial charge in [-0.3, -0.25) is 0 Å². The zero-order chi connectivity index (χ0) is 10.0. The van der Waals surface area contributed by atoms with Gasteiger partial charge in [0.05, 0.1) is 19.3 Å². The molecule has 2 aliphatic rings. The first kappa shape index (κ1) is 10.4. The molecule has 1 aliphatic heterocycles. The van der Waals surface area contributed by atoms with Crippen LogP contribution in [0.5, 0.6) is 0 Å². The van der Waals surface area contributed by atoms with Gasteiger partial charge in [0.15, 0.2) is 0 Å². The van der Waals surface area contributed by atoms with E-state index in [1.165, 1.54) is 12.8 Å². The molecule has 1 aliphatic carbocycles. The first-order valence-electron chi connectivity index (χ1n) is 5.54. The summed E-state index contributed by atoms with van der Waals surface area (Å²) in [6.45, 7) is 1.76. The summed E-state index contributed by atoms with van der Waals surface area (Å²) in [5, 5.41) is 9.55. The molecule has 2 rings (SSSR count). The normalized spacial score (nSPS) is 43.3. The fourth-order valence-corrected chi connectivity index (χ4v) is 3.07. The lowest BCUT2D eigenvalue weighted by atomic mass is 9.73. The number of hydrogen-bond donors (Lipinski definition) is 1. The monoisotopic (exact) mass is 200 g/mol. The van der Waals surface area contributed by atoms with E-state index in [1.54, 1.807) is 7.11 Å². The third-order valence-corrected chi connectivity index (χ3v) is 3.99. The molecule has 0 radical (unpaired) electrons. The zero-order valence-corrected chi connectivity index (χ0v) is 8.87. The molecule has 1 saturated heterocycles. The van der Waals surface area contributed by atoms with Gasteiger partial charge in [0.25, 0.3) is 0 Å². The van der Waals surface area contributed by atoms with Crippen molar-refractivity contribution in [1.82, 2.24) is 0 Å². The van der Waals surface area contributed by atoms with E-state index in [-0.39, 0.29) is 12.0 Å². The van der Waals surface area contributed by atoms with E-state index in [4.69, 9.17) is 9.47 Å². The fraction of sp³-hybridized carbons (Fsp3) is 1.00. The molecule has 3 atom stereocenters. The summed E-state index contributed by atoms with van der Waals surface area (Å²) in [6.07, 6.45) is 4.88. The molecule has 1 N–H and O–H groups in total. The molecule has 1 saturated carbocycles. The molecule has 3 nitrogen and oxygen atoms in total. The van der Waals surface area contributed by atoms with Crippen molar-refractivity contribution in [3.63, 3.8) is 0 Å². The minimum Gasteiger partial charge on any atom is -0.396 e. The van der Waals surface area contributed by atoms with Crippen LogP contribution in [0.4, 0.5) is 0 Å². The van der Waals surface area contributed by atoms with Crippen molar-refractivity contribution < 1.29 is 14.6 Å². The molecule has 0 amide bonds. The summed E-state index contributed by atoms with van der Waals surface area (Å²) in [4.78, 5) is 0. The molecule has 0 aromatic rings. The second-order valence-corrected chi connectivity index (χ2v) is 4.63. The van der Waals surface area contributed by atoms with Crippen LogP contribution in [-0.2, 0) is 9.47 Å². The molecule has 3 heteroatoms. The highest BCUT2D eigenvalue weighted by Gasteiger charge is 2.47. The van der Waals surface area contributed by atoms with Gasteiger partial charge in [-0.15, -0.1) is 0 Å². The summed E-state index contributed by atoms with van der Waals surface area (Å²) in [7, 11) is 1.78. The molecule has 1 heterocycles. The second kappa shape index (κ2) is 4.17. The Morgan fingerprint density at radius 1 is 1.50 bits per heavy atom. The number of aliphatic hydroxyl groups excluding tert-OH is 1. The van der Waals surface area contributed by atoms with Crippen molar-refractivity contribution in [2.24, 2.45) is 11.3 Å². The van der Waals surface area contributed by atoms with E-state index in [1.807, 2.05) is 0 Å². The molecule has 0 spiro atoms. The number of rotatable bonds is 3. The lowest BCUT2D eigenvalue weighted by molar-refractivity contribution is -0.0273. The lowest BCUT2D eigenvalue weighted by Gasteiger charge is -2.35. The van der Waals surface area contributed by atoms with Gasteiger partial charge in [0, 0.05) is 19.1 Å². The molecule has 2 fully saturated rings. The highest BCUT2D eigenvalue weighted by Crippen LogP contribution is 2.45.